The lowest BCUT2D eigenvalue weighted by Gasteiger charge is -2.15. The van der Waals surface area contributed by atoms with Crippen LogP contribution in [0.3, 0.4) is 0 Å². The van der Waals surface area contributed by atoms with Gasteiger partial charge in [-0.25, -0.2) is 9.97 Å². The molecule has 154 valence electrons. The first kappa shape index (κ1) is 19.0. The van der Waals surface area contributed by atoms with Crippen LogP contribution in [0.2, 0.25) is 5.02 Å². The Hall–Kier alpha value is -3.03. The van der Waals surface area contributed by atoms with Crippen LogP contribution in [-0.2, 0) is 13.1 Å². The van der Waals surface area contributed by atoms with Gasteiger partial charge in [0.15, 0.2) is 11.5 Å². The van der Waals surface area contributed by atoms with E-state index in [0.29, 0.717) is 34.5 Å². The number of halogens is 1. The summed E-state index contributed by atoms with van der Waals surface area (Å²) in [4.78, 5) is 11.5. The second-order valence-electron chi connectivity index (χ2n) is 7.45. The Kier molecular flexibility index (Phi) is 4.64. The number of oxazole rings is 1. The van der Waals surface area contributed by atoms with Crippen molar-refractivity contribution < 1.29 is 13.9 Å². The minimum absolute atomic E-state index is 0.193. The summed E-state index contributed by atoms with van der Waals surface area (Å²) in [7, 11) is 2.06. The number of fused-ring (bicyclic) bond motifs is 2. The lowest BCUT2D eigenvalue weighted by atomic mass is 10.2. The zero-order valence-corrected chi connectivity index (χ0v) is 17.7. The summed E-state index contributed by atoms with van der Waals surface area (Å²) in [6.07, 6.45) is 2.04. The van der Waals surface area contributed by atoms with Gasteiger partial charge in [-0.05, 0) is 39.1 Å². The average molecular weight is 425 g/mol. The highest BCUT2D eigenvalue weighted by Gasteiger charge is 2.22. The van der Waals surface area contributed by atoms with E-state index in [-0.39, 0.29) is 6.79 Å². The van der Waals surface area contributed by atoms with Gasteiger partial charge < -0.3 is 18.3 Å². The fourth-order valence-corrected chi connectivity index (χ4v) is 3.93. The highest BCUT2D eigenvalue weighted by atomic mass is 35.5. The third-order valence-corrected chi connectivity index (χ3v) is 5.57. The number of imidazole rings is 1. The third-order valence-electron chi connectivity index (χ3n) is 5.25. The predicted molar refractivity (Wildman–Crippen MR) is 113 cm³/mol. The van der Waals surface area contributed by atoms with E-state index >= 15 is 0 Å². The topological polar surface area (TPSA) is 65.0 Å². The minimum atomic E-state index is 0.193. The lowest BCUT2D eigenvalue weighted by Crippen LogP contribution is -2.19. The van der Waals surface area contributed by atoms with Gasteiger partial charge in [0.2, 0.25) is 12.7 Å². The van der Waals surface area contributed by atoms with Gasteiger partial charge in [0, 0.05) is 25.4 Å². The van der Waals surface area contributed by atoms with E-state index in [1.807, 2.05) is 44.3 Å². The molecule has 3 aromatic heterocycles. The number of rotatable bonds is 5. The van der Waals surface area contributed by atoms with Crippen molar-refractivity contribution in [3.8, 4) is 23.0 Å². The summed E-state index contributed by atoms with van der Waals surface area (Å²) in [5.74, 6) is 2.52. The Morgan fingerprint density at radius 3 is 2.73 bits per heavy atom. The van der Waals surface area contributed by atoms with Crippen molar-refractivity contribution in [1.29, 1.82) is 0 Å². The number of hydrogen-bond acceptors (Lipinski definition) is 6. The Balaban J connectivity index is 1.38. The van der Waals surface area contributed by atoms with Crippen molar-refractivity contribution in [1.82, 2.24) is 19.3 Å². The van der Waals surface area contributed by atoms with Crippen molar-refractivity contribution in [3.63, 3.8) is 0 Å². The molecule has 0 radical (unpaired) electrons. The molecule has 7 nitrogen and oxygen atoms in total. The molecule has 1 aliphatic rings. The van der Waals surface area contributed by atoms with Crippen molar-refractivity contribution in [2.75, 3.05) is 13.8 Å². The van der Waals surface area contributed by atoms with Gasteiger partial charge in [-0.15, -0.1) is 0 Å². The van der Waals surface area contributed by atoms with E-state index < -0.39 is 0 Å². The van der Waals surface area contributed by atoms with Gasteiger partial charge in [0.1, 0.15) is 11.4 Å². The normalized spacial score (nSPS) is 13.0. The molecule has 0 spiro atoms. The van der Waals surface area contributed by atoms with Crippen LogP contribution in [0.15, 0.2) is 40.9 Å². The zero-order chi connectivity index (χ0) is 20.8. The van der Waals surface area contributed by atoms with E-state index in [4.69, 9.17) is 30.5 Å². The number of aryl methyl sites for hydroxylation is 2. The van der Waals surface area contributed by atoms with Crippen LogP contribution in [0.5, 0.6) is 11.5 Å². The standard InChI is InChI=1S/C22H21ClN4O3/c1-13-18(27-7-5-4-6-21(27)24-13)11-26(3)10-17-14(2)30-22(25-17)15-8-19-20(9-16(15)23)29-12-28-19/h4-9H,10-12H2,1-3H3. The van der Waals surface area contributed by atoms with Gasteiger partial charge in [-0.3, -0.25) is 4.90 Å². The number of ether oxygens (including phenoxy) is 2. The molecule has 0 amide bonds. The maximum absolute atomic E-state index is 6.42. The molecule has 0 atom stereocenters. The Bertz CT molecular complexity index is 1250. The van der Waals surface area contributed by atoms with Crippen LogP contribution < -0.4 is 9.47 Å². The second kappa shape index (κ2) is 7.34. The van der Waals surface area contributed by atoms with E-state index in [0.717, 1.165) is 35.0 Å². The summed E-state index contributed by atoms with van der Waals surface area (Å²) in [6, 6.07) is 9.57. The molecule has 0 saturated carbocycles. The Morgan fingerprint density at radius 1 is 1.10 bits per heavy atom. The largest absolute Gasteiger partial charge is 0.454 e. The van der Waals surface area contributed by atoms with Gasteiger partial charge in [0.05, 0.1) is 27.7 Å². The summed E-state index contributed by atoms with van der Waals surface area (Å²) >= 11 is 6.42. The maximum atomic E-state index is 6.42. The quantitative estimate of drug-likeness (QED) is 0.465. The molecule has 0 aliphatic carbocycles. The molecule has 0 unspecified atom stereocenters. The van der Waals surface area contributed by atoms with Crippen LogP contribution in [0.25, 0.3) is 17.1 Å². The number of pyridine rings is 1. The first-order chi connectivity index (χ1) is 14.5. The molecule has 4 aromatic rings. The van der Waals surface area contributed by atoms with Crippen molar-refractivity contribution >= 4 is 17.2 Å². The van der Waals surface area contributed by atoms with Gasteiger partial charge in [-0.2, -0.15) is 0 Å². The molecule has 8 heteroatoms. The Labute approximate surface area is 178 Å². The first-order valence-corrected chi connectivity index (χ1v) is 10.0. The predicted octanol–water partition coefficient (Wildman–Crippen LogP) is 4.62. The van der Waals surface area contributed by atoms with E-state index in [1.54, 1.807) is 6.07 Å². The zero-order valence-electron chi connectivity index (χ0n) is 17.0. The fraction of sp³-hybridized carbons (Fsp3) is 0.273. The van der Waals surface area contributed by atoms with Gasteiger partial charge in [-0.1, -0.05) is 17.7 Å². The molecule has 0 N–H and O–H groups in total. The van der Waals surface area contributed by atoms with Gasteiger partial charge >= 0.3 is 0 Å². The van der Waals surface area contributed by atoms with E-state index in [9.17, 15) is 0 Å². The molecule has 0 bridgehead atoms. The summed E-state index contributed by atoms with van der Waals surface area (Å²) in [5, 5.41) is 0.516. The number of hydrogen-bond donors (Lipinski definition) is 0. The molecule has 1 aromatic carbocycles. The fourth-order valence-electron chi connectivity index (χ4n) is 3.69. The minimum Gasteiger partial charge on any atom is -0.454 e. The van der Waals surface area contributed by atoms with Crippen LogP contribution in [-0.4, -0.2) is 33.1 Å². The van der Waals surface area contributed by atoms with Crippen LogP contribution in [0.4, 0.5) is 0 Å². The SMILES string of the molecule is Cc1nc2ccccn2c1CN(C)Cc1nc(-c2cc3c(cc2Cl)OCO3)oc1C. The van der Waals surface area contributed by atoms with Crippen LogP contribution >= 0.6 is 11.6 Å². The highest BCUT2D eigenvalue weighted by molar-refractivity contribution is 6.33. The van der Waals surface area contributed by atoms with Crippen molar-refractivity contribution in [3.05, 3.63) is 64.4 Å². The number of aromatic nitrogens is 3. The summed E-state index contributed by atoms with van der Waals surface area (Å²) in [5.41, 5.74) is 4.70. The number of benzene rings is 1. The third kappa shape index (κ3) is 3.30. The molecule has 4 heterocycles. The Morgan fingerprint density at radius 2 is 1.90 bits per heavy atom. The average Bonchev–Trinajstić information content (AvgIpc) is 3.39. The molecule has 5 rings (SSSR count). The van der Waals surface area contributed by atoms with E-state index in [1.165, 1.54) is 0 Å². The number of nitrogens with zero attached hydrogens (tertiary/aromatic N) is 4. The summed E-state index contributed by atoms with van der Waals surface area (Å²) in [6.45, 7) is 5.52. The van der Waals surface area contributed by atoms with Crippen molar-refractivity contribution in [2.45, 2.75) is 26.9 Å². The van der Waals surface area contributed by atoms with Crippen molar-refractivity contribution in [2.24, 2.45) is 0 Å². The molecule has 0 saturated heterocycles. The van der Waals surface area contributed by atoms with Gasteiger partial charge in [0.25, 0.3) is 0 Å². The maximum Gasteiger partial charge on any atom is 0.231 e. The molecule has 0 fully saturated rings. The molecule has 1 aliphatic heterocycles. The lowest BCUT2D eigenvalue weighted by molar-refractivity contribution is 0.174. The highest BCUT2D eigenvalue weighted by Crippen LogP contribution is 2.41. The van der Waals surface area contributed by atoms with E-state index in [2.05, 4.69) is 21.3 Å². The molecular weight excluding hydrogens is 404 g/mol. The van der Waals surface area contributed by atoms with Crippen LogP contribution in [0, 0.1) is 13.8 Å². The molecule has 30 heavy (non-hydrogen) atoms. The van der Waals surface area contributed by atoms with Crippen LogP contribution in [0.1, 0.15) is 22.8 Å². The second-order valence-corrected chi connectivity index (χ2v) is 7.86. The molecular formula is C22H21ClN4O3. The summed E-state index contributed by atoms with van der Waals surface area (Å²) < 4.78 is 18.9. The first-order valence-electron chi connectivity index (χ1n) is 9.66. The monoisotopic (exact) mass is 424 g/mol. The smallest absolute Gasteiger partial charge is 0.231 e.